The highest BCUT2D eigenvalue weighted by molar-refractivity contribution is 8.13. The van der Waals surface area contributed by atoms with Crippen LogP contribution in [0.4, 0.5) is 0 Å². The number of carbonyl (C=O) groups is 1. The second-order valence-electron chi connectivity index (χ2n) is 4.34. The standard InChI is InChI=1S/C12H15Cl2NO3S/c1-3-8(2)7-15-12(16)9-4-10(13)6-11(5-9)19(14,17)18/h4-6,8H,3,7H2,1-2H3,(H,15,16). The van der Waals surface area contributed by atoms with E-state index in [1.54, 1.807) is 0 Å². The van der Waals surface area contributed by atoms with Crippen LogP contribution in [0, 0.1) is 5.92 Å². The van der Waals surface area contributed by atoms with Crippen LogP contribution in [0.1, 0.15) is 30.6 Å². The van der Waals surface area contributed by atoms with Gasteiger partial charge in [-0.3, -0.25) is 4.79 Å². The summed E-state index contributed by atoms with van der Waals surface area (Å²) in [6.07, 6.45) is 0.942. The van der Waals surface area contributed by atoms with Gasteiger partial charge >= 0.3 is 0 Å². The maximum Gasteiger partial charge on any atom is 0.261 e. The molecular weight excluding hydrogens is 309 g/mol. The van der Waals surface area contributed by atoms with Crippen molar-refractivity contribution in [2.75, 3.05) is 6.54 Å². The number of halogens is 2. The SMILES string of the molecule is CCC(C)CNC(=O)c1cc(Cl)cc(S(=O)(=O)Cl)c1. The van der Waals surface area contributed by atoms with Gasteiger partial charge in [0.1, 0.15) is 0 Å². The second kappa shape index (κ2) is 6.59. The smallest absolute Gasteiger partial charge is 0.261 e. The van der Waals surface area contributed by atoms with E-state index in [1.807, 2.05) is 13.8 Å². The minimum atomic E-state index is -3.91. The summed E-state index contributed by atoms with van der Waals surface area (Å²) in [6.45, 7) is 4.55. The van der Waals surface area contributed by atoms with Crippen molar-refractivity contribution in [2.45, 2.75) is 25.2 Å². The van der Waals surface area contributed by atoms with E-state index >= 15 is 0 Å². The number of rotatable bonds is 5. The van der Waals surface area contributed by atoms with Gasteiger partial charge in [-0.1, -0.05) is 31.9 Å². The molecule has 0 radical (unpaired) electrons. The lowest BCUT2D eigenvalue weighted by Gasteiger charge is -2.10. The molecular formula is C12H15Cl2NO3S. The summed E-state index contributed by atoms with van der Waals surface area (Å²) in [6, 6.07) is 3.81. The number of hydrogen-bond acceptors (Lipinski definition) is 3. The molecule has 0 spiro atoms. The summed E-state index contributed by atoms with van der Waals surface area (Å²) in [7, 11) is 1.33. The number of amides is 1. The summed E-state index contributed by atoms with van der Waals surface area (Å²) in [5, 5.41) is 2.87. The first-order valence-corrected chi connectivity index (χ1v) is 8.46. The minimum absolute atomic E-state index is 0.149. The number of benzene rings is 1. The van der Waals surface area contributed by atoms with Crippen molar-refractivity contribution in [3.05, 3.63) is 28.8 Å². The molecule has 0 aromatic heterocycles. The Balaban J connectivity index is 2.95. The maximum atomic E-state index is 11.9. The molecule has 0 saturated heterocycles. The van der Waals surface area contributed by atoms with E-state index in [0.717, 1.165) is 6.42 Å². The molecule has 0 aliphatic heterocycles. The first-order chi connectivity index (χ1) is 8.74. The zero-order chi connectivity index (χ0) is 14.6. The highest BCUT2D eigenvalue weighted by Crippen LogP contribution is 2.22. The third kappa shape index (κ3) is 5.01. The van der Waals surface area contributed by atoms with E-state index in [9.17, 15) is 13.2 Å². The van der Waals surface area contributed by atoms with Gasteiger partial charge in [0, 0.05) is 27.8 Å². The lowest BCUT2D eigenvalue weighted by Crippen LogP contribution is -2.28. The third-order valence-electron chi connectivity index (χ3n) is 2.72. The van der Waals surface area contributed by atoms with Crippen LogP contribution < -0.4 is 5.32 Å². The van der Waals surface area contributed by atoms with Gasteiger partial charge in [-0.05, 0) is 24.1 Å². The highest BCUT2D eigenvalue weighted by Gasteiger charge is 2.15. The lowest BCUT2D eigenvalue weighted by molar-refractivity contribution is 0.0947. The highest BCUT2D eigenvalue weighted by atomic mass is 35.7. The van der Waals surface area contributed by atoms with Crippen LogP contribution in [0.2, 0.25) is 5.02 Å². The number of nitrogens with one attached hydrogen (secondary N) is 1. The zero-order valence-electron chi connectivity index (χ0n) is 10.6. The van der Waals surface area contributed by atoms with Crippen molar-refractivity contribution in [1.82, 2.24) is 5.32 Å². The molecule has 4 nitrogen and oxygen atoms in total. The van der Waals surface area contributed by atoms with Crippen LogP contribution in [0.25, 0.3) is 0 Å². The van der Waals surface area contributed by atoms with Crippen molar-refractivity contribution in [3.8, 4) is 0 Å². The second-order valence-corrected chi connectivity index (χ2v) is 7.34. The topological polar surface area (TPSA) is 63.2 Å². The summed E-state index contributed by atoms with van der Waals surface area (Å²) < 4.78 is 22.5. The van der Waals surface area contributed by atoms with Crippen molar-refractivity contribution in [3.63, 3.8) is 0 Å². The van der Waals surface area contributed by atoms with Gasteiger partial charge in [-0.2, -0.15) is 0 Å². The van der Waals surface area contributed by atoms with E-state index in [0.29, 0.717) is 12.5 Å². The minimum Gasteiger partial charge on any atom is -0.352 e. The molecule has 1 amide bonds. The van der Waals surface area contributed by atoms with Crippen LogP contribution >= 0.6 is 22.3 Å². The van der Waals surface area contributed by atoms with E-state index in [-0.39, 0.29) is 21.4 Å². The van der Waals surface area contributed by atoms with Gasteiger partial charge < -0.3 is 5.32 Å². The summed E-state index contributed by atoms with van der Waals surface area (Å²) >= 11 is 5.79. The molecule has 19 heavy (non-hydrogen) atoms. The Morgan fingerprint density at radius 1 is 1.37 bits per heavy atom. The Labute approximate surface area is 122 Å². The molecule has 0 saturated carbocycles. The summed E-state index contributed by atoms with van der Waals surface area (Å²) in [5.74, 6) is -0.0243. The van der Waals surface area contributed by atoms with E-state index in [4.69, 9.17) is 22.3 Å². The van der Waals surface area contributed by atoms with Gasteiger partial charge in [0.15, 0.2) is 0 Å². The largest absolute Gasteiger partial charge is 0.352 e. The molecule has 106 valence electrons. The maximum absolute atomic E-state index is 11.9. The molecule has 1 aromatic carbocycles. The molecule has 0 aliphatic rings. The molecule has 0 fully saturated rings. The normalized spacial score (nSPS) is 13.1. The fourth-order valence-corrected chi connectivity index (χ4v) is 2.45. The predicted molar refractivity (Wildman–Crippen MR) is 76.3 cm³/mol. The van der Waals surface area contributed by atoms with Crippen LogP contribution in [-0.2, 0) is 9.05 Å². The van der Waals surface area contributed by atoms with Gasteiger partial charge in [0.2, 0.25) is 0 Å². The molecule has 1 aromatic rings. The van der Waals surface area contributed by atoms with Gasteiger partial charge in [0.05, 0.1) is 4.90 Å². The van der Waals surface area contributed by atoms with Gasteiger partial charge in [-0.25, -0.2) is 8.42 Å². The zero-order valence-corrected chi connectivity index (χ0v) is 12.9. The Kier molecular flexibility index (Phi) is 5.64. The van der Waals surface area contributed by atoms with Crippen molar-refractivity contribution >= 4 is 37.2 Å². The average Bonchev–Trinajstić information content (AvgIpc) is 2.33. The van der Waals surface area contributed by atoms with E-state index < -0.39 is 9.05 Å². The van der Waals surface area contributed by atoms with Crippen molar-refractivity contribution in [1.29, 1.82) is 0 Å². The number of carbonyl (C=O) groups excluding carboxylic acids is 1. The van der Waals surface area contributed by atoms with Crippen LogP contribution in [0.15, 0.2) is 23.1 Å². The van der Waals surface area contributed by atoms with Crippen molar-refractivity contribution in [2.24, 2.45) is 5.92 Å². The van der Waals surface area contributed by atoms with Crippen LogP contribution in [-0.4, -0.2) is 20.9 Å². The Morgan fingerprint density at radius 3 is 2.53 bits per heavy atom. The first-order valence-electron chi connectivity index (χ1n) is 5.77. The van der Waals surface area contributed by atoms with Gasteiger partial charge in [0.25, 0.3) is 15.0 Å². The van der Waals surface area contributed by atoms with Gasteiger partial charge in [-0.15, -0.1) is 0 Å². The third-order valence-corrected chi connectivity index (χ3v) is 4.27. The molecule has 1 unspecified atom stereocenters. The summed E-state index contributed by atoms with van der Waals surface area (Å²) in [4.78, 5) is 11.7. The average molecular weight is 324 g/mol. The molecule has 7 heteroatoms. The number of hydrogen-bond donors (Lipinski definition) is 1. The fourth-order valence-electron chi connectivity index (χ4n) is 1.35. The predicted octanol–water partition coefficient (Wildman–Crippen LogP) is 3.04. The molecule has 0 aliphatic carbocycles. The molecule has 1 N–H and O–H groups in total. The monoisotopic (exact) mass is 323 g/mol. The van der Waals surface area contributed by atoms with E-state index in [2.05, 4.69) is 5.32 Å². The lowest BCUT2D eigenvalue weighted by atomic mass is 10.1. The first kappa shape index (κ1) is 16.3. The molecule has 1 rings (SSSR count). The summed E-state index contributed by atoms with van der Waals surface area (Å²) in [5.41, 5.74) is 0.176. The Hall–Kier alpha value is -0.780. The van der Waals surface area contributed by atoms with Crippen LogP contribution in [0.5, 0.6) is 0 Å². The van der Waals surface area contributed by atoms with Crippen LogP contribution in [0.3, 0.4) is 0 Å². The Bertz CT molecular complexity index is 572. The molecule has 1 atom stereocenters. The van der Waals surface area contributed by atoms with E-state index in [1.165, 1.54) is 18.2 Å². The Morgan fingerprint density at radius 2 is 2.00 bits per heavy atom. The van der Waals surface area contributed by atoms with Crippen molar-refractivity contribution < 1.29 is 13.2 Å². The molecule has 0 bridgehead atoms. The quantitative estimate of drug-likeness (QED) is 0.847. The fraction of sp³-hybridized carbons (Fsp3) is 0.417. The molecule has 0 heterocycles.